The number of amides is 1. The summed E-state index contributed by atoms with van der Waals surface area (Å²) in [6, 6.07) is 9.76. The molecule has 0 spiro atoms. The predicted molar refractivity (Wildman–Crippen MR) is 100 cm³/mol. The molecule has 2 aromatic rings. The van der Waals surface area contributed by atoms with Gasteiger partial charge in [-0.2, -0.15) is 8.78 Å². The van der Waals surface area contributed by atoms with Crippen LogP contribution in [0.15, 0.2) is 52.3 Å². The Hall–Kier alpha value is -2.17. The van der Waals surface area contributed by atoms with Crippen molar-refractivity contribution in [2.24, 2.45) is 0 Å². The van der Waals surface area contributed by atoms with Crippen LogP contribution < -0.4 is 10.1 Å². The molecular formula is C17H18F2N2O4S2. The molecule has 27 heavy (non-hydrogen) atoms. The van der Waals surface area contributed by atoms with Gasteiger partial charge in [0.15, 0.2) is 0 Å². The van der Waals surface area contributed by atoms with Crippen molar-refractivity contribution in [1.82, 2.24) is 4.31 Å². The summed E-state index contributed by atoms with van der Waals surface area (Å²) < 4.78 is 55.5. The van der Waals surface area contributed by atoms with Gasteiger partial charge in [-0.1, -0.05) is 11.8 Å². The van der Waals surface area contributed by atoms with Crippen LogP contribution in [-0.4, -0.2) is 45.6 Å². The van der Waals surface area contributed by atoms with E-state index in [1.807, 2.05) is 0 Å². The van der Waals surface area contributed by atoms with Crippen LogP contribution in [0.5, 0.6) is 5.75 Å². The second-order valence-corrected chi connectivity index (χ2v) is 8.72. The Morgan fingerprint density at radius 2 is 1.78 bits per heavy atom. The van der Waals surface area contributed by atoms with Gasteiger partial charge in [-0.15, -0.1) is 0 Å². The largest absolute Gasteiger partial charge is 0.495 e. The van der Waals surface area contributed by atoms with Crippen molar-refractivity contribution in [2.75, 3.05) is 26.5 Å². The van der Waals surface area contributed by atoms with Crippen molar-refractivity contribution >= 4 is 33.4 Å². The second kappa shape index (κ2) is 8.68. The van der Waals surface area contributed by atoms with E-state index in [0.717, 1.165) is 4.31 Å². The molecule has 146 valence electrons. The number of anilines is 1. The Bertz CT molecular complexity index is 917. The van der Waals surface area contributed by atoms with E-state index < -0.39 is 21.7 Å². The number of rotatable bonds is 7. The zero-order valence-corrected chi connectivity index (χ0v) is 16.4. The summed E-state index contributed by atoms with van der Waals surface area (Å²) >= 11 is 0.380. The van der Waals surface area contributed by atoms with Gasteiger partial charge >= 0.3 is 0 Å². The topological polar surface area (TPSA) is 75.7 Å². The number of nitrogens with one attached hydrogen (secondary N) is 1. The fraction of sp³-hybridized carbons (Fsp3) is 0.235. The van der Waals surface area contributed by atoms with E-state index in [2.05, 4.69) is 5.32 Å². The number of sulfonamides is 1. The number of nitrogens with zero attached hydrogens (tertiary/aromatic N) is 1. The molecule has 0 atom stereocenters. The number of methoxy groups -OCH3 is 1. The third kappa shape index (κ3) is 5.18. The first kappa shape index (κ1) is 21.1. The number of ether oxygens (including phenoxy) is 1. The molecule has 0 aromatic heterocycles. The fourth-order valence-corrected chi connectivity index (χ4v) is 3.57. The summed E-state index contributed by atoms with van der Waals surface area (Å²) in [4.78, 5) is 12.8. The number of carbonyl (C=O) groups is 1. The summed E-state index contributed by atoms with van der Waals surface area (Å²) in [5.74, 6) is -2.79. The van der Waals surface area contributed by atoms with Gasteiger partial charge in [0.1, 0.15) is 5.75 Å². The van der Waals surface area contributed by atoms with Crippen molar-refractivity contribution in [3.8, 4) is 5.75 Å². The fourth-order valence-electron chi connectivity index (χ4n) is 2.14. The lowest BCUT2D eigenvalue weighted by atomic mass is 10.2. The first-order valence-electron chi connectivity index (χ1n) is 7.62. The molecule has 0 saturated carbocycles. The Balaban J connectivity index is 2.28. The molecule has 0 fully saturated rings. The SMILES string of the molecule is COc1ccc(S(=O)(=O)N(C)C)cc1NC(=O)c1ccc(SC(F)F)cc1. The molecule has 0 aliphatic heterocycles. The molecule has 10 heteroatoms. The molecule has 6 nitrogen and oxygen atoms in total. The van der Waals surface area contributed by atoms with Gasteiger partial charge in [0.25, 0.3) is 11.7 Å². The number of hydrogen-bond acceptors (Lipinski definition) is 5. The van der Waals surface area contributed by atoms with Crippen LogP contribution in [0.3, 0.4) is 0 Å². The van der Waals surface area contributed by atoms with Crippen molar-refractivity contribution in [3.05, 3.63) is 48.0 Å². The smallest absolute Gasteiger partial charge is 0.288 e. The number of alkyl halides is 2. The molecule has 2 rings (SSSR count). The lowest BCUT2D eigenvalue weighted by molar-refractivity contribution is 0.102. The van der Waals surface area contributed by atoms with Gasteiger partial charge < -0.3 is 10.1 Å². The lowest BCUT2D eigenvalue weighted by Crippen LogP contribution is -2.22. The zero-order chi connectivity index (χ0) is 20.2. The minimum Gasteiger partial charge on any atom is -0.495 e. The quantitative estimate of drug-likeness (QED) is 0.699. The monoisotopic (exact) mass is 416 g/mol. The highest BCUT2D eigenvalue weighted by Gasteiger charge is 2.20. The van der Waals surface area contributed by atoms with Gasteiger partial charge in [-0.05, 0) is 42.5 Å². The van der Waals surface area contributed by atoms with E-state index in [9.17, 15) is 22.0 Å². The molecule has 0 unspecified atom stereocenters. The van der Waals surface area contributed by atoms with Gasteiger partial charge in [0, 0.05) is 24.6 Å². The highest BCUT2D eigenvalue weighted by Crippen LogP contribution is 2.29. The molecule has 0 aliphatic rings. The Kier molecular flexibility index (Phi) is 6.79. The van der Waals surface area contributed by atoms with Gasteiger partial charge in [0.2, 0.25) is 10.0 Å². The van der Waals surface area contributed by atoms with Gasteiger partial charge in [0.05, 0.1) is 17.7 Å². The summed E-state index contributed by atoms with van der Waals surface area (Å²) in [6.45, 7) is 0. The van der Waals surface area contributed by atoms with E-state index in [1.165, 1.54) is 63.7 Å². The van der Waals surface area contributed by atoms with Crippen LogP contribution in [0.1, 0.15) is 10.4 Å². The van der Waals surface area contributed by atoms with Crippen LogP contribution in [-0.2, 0) is 10.0 Å². The van der Waals surface area contributed by atoms with Crippen molar-refractivity contribution in [2.45, 2.75) is 15.5 Å². The van der Waals surface area contributed by atoms with Crippen LogP contribution in [0.25, 0.3) is 0 Å². The Labute approximate surface area is 160 Å². The minimum atomic E-state index is -3.69. The first-order valence-corrected chi connectivity index (χ1v) is 9.94. The Morgan fingerprint density at radius 3 is 2.30 bits per heavy atom. The summed E-state index contributed by atoms with van der Waals surface area (Å²) in [6.07, 6.45) is 0. The highest BCUT2D eigenvalue weighted by molar-refractivity contribution is 7.99. The molecule has 1 amide bonds. The van der Waals surface area contributed by atoms with Crippen LogP contribution >= 0.6 is 11.8 Å². The molecule has 2 aromatic carbocycles. The van der Waals surface area contributed by atoms with Crippen molar-refractivity contribution in [1.29, 1.82) is 0 Å². The summed E-state index contributed by atoms with van der Waals surface area (Å²) in [7, 11) is 0.500. The minimum absolute atomic E-state index is 0.00715. The molecule has 0 bridgehead atoms. The van der Waals surface area contributed by atoms with Gasteiger partial charge in [-0.3, -0.25) is 4.79 Å². The van der Waals surface area contributed by atoms with E-state index in [1.54, 1.807) is 0 Å². The third-order valence-corrected chi connectivity index (χ3v) is 6.07. The summed E-state index contributed by atoms with van der Waals surface area (Å²) in [5.41, 5.74) is 0.410. The third-order valence-electron chi connectivity index (χ3n) is 3.54. The molecule has 0 saturated heterocycles. The number of hydrogen-bond donors (Lipinski definition) is 1. The normalized spacial score (nSPS) is 11.7. The summed E-state index contributed by atoms with van der Waals surface area (Å²) in [5, 5.41) is 2.59. The second-order valence-electron chi connectivity index (χ2n) is 5.51. The number of thioether (sulfide) groups is 1. The average molecular weight is 416 g/mol. The molecule has 0 radical (unpaired) electrons. The maximum absolute atomic E-state index is 12.4. The van der Waals surface area contributed by atoms with Crippen LogP contribution in [0, 0.1) is 0 Å². The van der Waals surface area contributed by atoms with E-state index in [4.69, 9.17) is 4.74 Å². The predicted octanol–water partition coefficient (Wildman–Crippen LogP) is 3.51. The molecule has 0 heterocycles. The molecule has 0 aliphatic carbocycles. The van der Waals surface area contributed by atoms with Crippen molar-refractivity contribution in [3.63, 3.8) is 0 Å². The number of carbonyl (C=O) groups excluding carboxylic acids is 1. The van der Waals surface area contributed by atoms with Crippen LogP contribution in [0.2, 0.25) is 0 Å². The highest BCUT2D eigenvalue weighted by atomic mass is 32.2. The first-order chi connectivity index (χ1) is 12.6. The molecular weight excluding hydrogens is 398 g/mol. The Morgan fingerprint density at radius 1 is 1.15 bits per heavy atom. The maximum Gasteiger partial charge on any atom is 0.288 e. The van der Waals surface area contributed by atoms with Gasteiger partial charge in [-0.25, -0.2) is 12.7 Å². The van der Waals surface area contributed by atoms with E-state index in [0.29, 0.717) is 16.7 Å². The maximum atomic E-state index is 12.4. The van der Waals surface area contributed by atoms with E-state index >= 15 is 0 Å². The molecule has 1 N–H and O–H groups in total. The number of benzene rings is 2. The lowest BCUT2D eigenvalue weighted by Gasteiger charge is -2.15. The number of halogens is 2. The van der Waals surface area contributed by atoms with Crippen molar-refractivity contribution < 1.29 is 26.7 Å². The standard InChI is InChI=1S/C17H18F2N2O4S2/c1-21(2)27(23,24)13-8-9-15(25-3)14(10-13)20-16(22)11-4-6-12(7-5-11)26-17(18)19/h4-10,17H,1-3H3,(H,20,22). The average Bonchev–Trinajstić information content (AvgIpc) is 2.61. The zero-order valence-electron chi connectivity index (χ0n) is 14.8. The van der Waals surface area contributed by atoms with E-state index in [-0.39, 0.29) is 21.9 Å². The van der Waals surface area contributed by atoms with Crippen LogP contribution in [0.4, 0.5) is 14.5 Å².